The molecule has 2 aliphatic carbocycles. The molecule has 2 amide bonds. The van der Waals surface area contributed by atoms with Gasteiger partial charge in [-0.2, -0.15) is 0 Å². The first kappa shape index (κ1) is 22.8. The number of alkyl carbamates (subject to hydrolysis) is 1. The molecule has 0 spiro atoms. The van der Waals surface area contributed by atoms with Crippen molar-refractivity contribution in [2.45, 2.75) is 44.6 Å². The topological polar surface area (TPSA) is 105 Å². The first-order valence-corrected chi connectivity index (χ1v) is 11.5. The lowest BCUT2D eigenvalue weighted by molar-refractivity contribution is -0.138. The van der Waals surface area contributed by atoms with Gasteiger partial charge in [0.1, 0.15) is 6.61 Å². The van der Waals surface area contributed by atoms with E-state index in [9.17, 15) is 14.4 Å². The predicted molar refractivity (Wildman–Crippen MR) is 124 cm³/mol. The standard InChI is InChI=1S/C26H30N2O5/c1-16(12-24(29)30)14-27-25(31)17-10-11-18(13-17)28-26(32)33-15-23-21-8-4-2-6-19(21)20-7-3-5-9-22(20)23/h2-9,16-18,23H,10-15H2,1H3,(H,27,31)(H,28,32)(H,29,30). The van der Waals surface area contributed by atoms with Gasteiger partial charge in [0, 0.05) is 30.8 Å². The Morgan fingerprint density at radius 1 is 1.03 bits per heavy atom. The molecule has 33 heavy (non-hydrogen) atoms. The molecule has 2 aromatic rings. The second-order valence-corrected chi connectivity index (χ2v) is 9.12. The van der Waals surface area contributed by atoms with Gasteiger partial charge in [-0.05, 0) is 47.4 Å². The highest BCUT2D eigenvalue weighted by Gasteiger charge is 2.32. The number of ether oxygens (including phenoxy) is 1. The summed E-state index contributed by atoms with van der Waals surface area (Å²) in [5.74, 6) is -1.24. The van der Waals surface area contributed by atoms with Gasteiger partial charge in [-0.15, -0.1) is 0 Å². The van der Waals surface area contributed by atoms with E-state index in [4.69, 9.17) is 9.84 Å². The molecule has 3 unspecified atom stereocenters. The number of hydrogen-bond acceptors (Lipinski definition) is 4. The predicted octanol–water partition coefficient (Wildman–Crippen LogP) is 3.92. The molecule has 3 N–H and O–H groups in total. The summed E-state index contributed by atoms with van der Waals surface area (Å²) in [6.45, 7) is 2.40. The fraction of sp³-hybridized carbons (Fsp3) is 0.423. The lowest BCUT2D eigenvalue weighted by Gasteiger charge is -2.17. The minimum Gasteiger partial charge on any atom is -0.481 e. The van der Waals surface area contributed by atoms with Crippen LogP contribution in [0.25, 0.3) is 11.1 Å². The molecular weight excluding hydrogens is 420 g/mol. The Labute approximate surface area is 193 Å². The summed E-state index contributed by atoms with van der Waals surface area (Å²) in [4.78, 5) is 35.6. The summed E-state index contributed by atoms with van der Waals surface area (Å²) in [5.41, 5.74) is 4.70. The highest BCUT2D eigenvalue weighted by molar-refractivity contribution is 5.80. The van der Waals surface area contributed by atoms with Crippen LogP contribution in [0.4, 0.5) is 4.79 Å². The second-order valence-electron chi connectivity index (χ2n) is 9.12. The van der Waals surface area contributed by atoms with Crippen LogP contribution >= 0.6 is 0 Å². The van der Waals surface area contributed by atoms with Crippen molar-refractivity contribution in [3.8, 4) is 11.1 Å². The lowest BCUT2D eigenvalue weighted by atomic mass is 9.98. The molecule has 0 bridgehead atoms. The molecular formula is C26H30N2O5. The summed E-state index contributed by atoms with van der Waals surface area (Å²) in [5, 5.41) is 14.6. The molecule has 1 saturated carbocycles. The van der Waals surface area contributed by atoms with Crippen molar-refractivity contribution in [2.75, 3.05) is 13.2 Å². The first-order valence-electron chi connectivity index (χ1n) is 11.5. The van der Waals surface area contributed by atoms with E-state index in [2.05, 4.69) is 34.9 Å². The maximum absolute atomic E-state index is 12.5. The van der Waals surface area contributed by atoms with Gasteiger partial charge >= 0.3 is 12.1 Å². The summed E-state index contributed by atoms with van der Waals surface area (Å²) in [6.07, 6.45) is 1.53. The van der Waals surface area contributed by atoms with Gasteiger partial charge in [0.25, 0.3) is 0 Å². The van der Waals surface area contributed by atoms with Crippen molar-refractivity contribution in [1.29, 1.82) is 0 Å². The van der Waals surface area contributed by atoms with Crippen molar-refractivity contribution < 1.29 is 24.2 Å². The number of rotatable bonds is 8. The first-order chi connectivity index (χ1) is 15.9. The molecule has 0 radical (unpaired) electrons. The van der Waals surface area contributed by atoms with Crippen LogP contribution in [0.2, 0.25) is 0 Å². The number of carbonyl (C=O) groups is 3. The van der Waals surface area contributed by atoms with Crippen LogP contribution in [-0.4, -0.2) is 42.3 Å². The molecule has 0 heterocycles. The molecule has 1 fully saturated rings. The van der Waals surface area contributed by atoms with Crippen LogP contribution in [0.3, 0.4) is 0 Å². The molecule has 0 aliphatic heterocycles. The van der Waals surface area contributed by atoms with E-state index in [0.717, 1.165) is 0 Å². The van der Waals surface area contributed by atoms with E-state index in [1.165, 1.54) is 22.3 Å². The fourth-order valence-electron chi connectivity index (χ4n) is 4.95. The average Bonchev–Trinajstić information content (AvgIpc) is 3.38. The van der Waals surface area contributed by atoms with Gasteiger partial charge in [-0.1, -0.05) is 55.5 Å². The van der Waals surface area contributed by atoms with Gasteiger partial charge in [0.05, 0.1) is 0 Å². The summed E-state index contributed by atoms with van der Waals surface area (Å²) < 4.78 is 5.61. The zero-order valence-electron chi connectivity index (χ0n) is 18.8. The Bertz CT molecular complexity index is 991. The Morgan fingerprint density at radius 2 is 1.67 bits per heavy atom. The third kappa shape index (κ3) is 5.35. The van der Waals surface area contributed by atoms with Crippen molar-refractivity contribution in [2.24, 2.45) is 11.8 Å². The van der Waals surface area contributed by atoms with Gasteiger partial charge in [0.15, 0.2) is 0 Å². The zero-order chi connectivity index (χ0) is 23.4. The fourth-order valence-corrected chi connectivity index (χ4v) is 4.95. The van der Waals surface area contributed by atoms with Crippen LogP contribution in [0.1, 0.15) is 49.7 Å². The SMILES string of the molecule is CC(CNC(=O)C1CCC(NC(=O)OCC2c3ccccc3-c3ccccc32)C1)CC(=O)O. The number of nitrogens with one attached hydrogen (secondary N) is 2. The highest BCUT2D eigenvalue weighted by atomic mass is 16.5. The molecule has 174 valence electrons. The van der Waals surface area contributed by atoms with Crippen LogP contribution in [-0.2, 0) is 14.3 Å². The number of hydrogen-bond donors (Lipinski definition) is 3. The molecule has 7 heteroatoms. The van der Waals surface area contributed by atoms with Crippen molar-refractivity contribution >= 4 is 18.0 Å². The Morgan fingerprint density at radius 3 is 2.30 bits per heavy atom. The molecule has 2 aromatic carbocycles. The molecule has 0 aromatic heterocycles. The van der Waals surface area contributed by atoms with E-state index in [-0.39, 0.29) is 42.7 Å². The monoisotopic (exact) mass is 450 g/mol. The van der Waals surface area contributed by atoms with E-state index in [1.54, 1.807) is 6.92 Å². The molecule has 2 aliphatic rings. The average molecular weight is 451 g/mol. The van der Waals surface area contributed by atoms with E-state index in [0.29, 0.717) is 25.8 Å². The molecule has 7 nitrogen and oxygen atoms in total. The van der Waals surface area contributed by atoms with E-state index in [1.807, 2.05) is 24.3 Å². The number of fused-ring (bicyclic) bond motifs is 3. The van der Waals surface area contributed by atoms with Gasteiger partial charge in [-0.3, -0.25) is 9.59 Å². The second kappa shape index (κ2) is 10.1. The minimum atomic E-state index is -0.870. The largest absolute Gasteiger partial charge is 0.481 e. The van der Waals surface area contributed by atoms with Gasteiger partial charge < -0.3 is 20.5 Å². The molecule has 0 saturated heterocycles. The van der Waals surface area contributed by atoms with Crippen molar-refractivity contribution in [3.63, 3.8) is 0 Å². The Kier molecular flexibility index (Phi) is 6.96. The Balaban J connectivity index is 1.25. The number of benzene rings is 2. The summed E-state index contributed by atoms with van der Waals surface area (Å²) in [7, 11) is 0. The third-order valence-corrected chi connectivity index (χ3v) is 6.62. The lowest BCUT2D eigenvalue weighted by Crippen LogP contribution is -2.36. The zero-order valence-corrected chi connectivity index (χ0v) is 18.8. The number of aliphatic carboxylic acids is 1. The van der Waals surface area contributed by atoms with E-state index < -0.39 is 12.1 Å². The number of carboxylic acids is 1. The molecule has 3 atom stereocenters. The number of carboxylic acid groups (broad SMARTS) is 1. The minimum absolute atomic E-state index is 0.0121. The Hall–Kier alpha value is -3.35. The number of carbonyl (C=O) groups excluding carboxylic acids is 2. The maximum atomic E-state index is 12.5. The van der Waals surface area contributed by atoms with E-state index >= 15 is 0 Å². The third-order valence-electron chi connectivity index (χ3n) is 6.62. The van der Waals surface area contributed by atoms with Crippen LogP contribution in [0, 0.1) is 11.8 Å². The highest BCUT2D eigenvalue weighted by Crippen LogP contribution is 2.44. The summed E-state index contributed by atoms with van der Waals surface area (Å²) in [6, 6.07) is 16.3. The molecule has 4 rings (SSSR count). The summed E-state index contributed by atoms with van der Waals surface area (Å²) >= 11 is 0. The smallest absolute Gasteiger partial charge is 0.407 e. The van der Waals surface area contributed by atoms with Crippen molar-refractivity contribution in [1.82, 2.24) is 10.6 Å². The van der Waals surface area contributed by atoms with Crippen LogP contribution in [0.5, 0.6) is 0 Å². The quantitative estimate of drug-likeness (QED) is 0.565. The normalized spacial score (nSPS) is 19.9. The van der Waals surface area contributed by atoms with Crippen molar-refractivity contribution in [3.05, 3.63) is 59.7 Å². The van der Waals surface area contributed by atoms with Crippen LogP contribution < -0.4 is 10.6 Å². The maximum Gasteiger partial charge on any atom is 0.407 e. The van der Waals surface area contributed by atoms with Gasteiger partial charge in [0.2, 0.25) is 5.91 Å². The van der Waals surface area contributed by atoms with Crippen LogP contribution in [0.15, 0.2) is 48.5 Å². The van der Waals surface area contributed by atoms with Gasteiger partial charge in [-0.25, -0.2) is 4.79 Å². The number of amides is 2.